The Balaban J connectivity index is 2.41. The fraction of sp³-hybridized carbons (Fsp3) is 0. The van der Waals surface area contributed by atoms with Gasteiger partial charge in [0.1, 0.15) is 12.1 Å². The Morgan fingerprint density at radius 3 is 2.93 bits per heavy atom. The van der Waals surface area contributed by atoms with E-state index in [1.807, 2.05) is 5.38 Å². The average Bonchev–Trinajstić information content (AvgIpc) is 2.65. The second-order valence-electron chi connectivity index (χ2n) is 2.78. The van der Waals surface area contributed by atoms with Gasteiger partial charge in [0.25, 0.3) is 0 Å². The number of carbonyl (C=O) groups excluding carboxylic acids is 1. The molecule has 0 aliphatic rings. The standard InChI is InChI=1S/C9H6BrN3OS/c10-5-1-7(15-3-5)8(14)6-2-12-4-13-9(6)11/h1-4H,(H2,11,12,13). The van der Waals surface area contributed by atoms with Crippen LogP contribution < -0.4 is 5.73 Å². The van der Waals surface area contributed by atoms with Crippen molar-refractivity contribution in [1.29, 1.82) is 0 Å². The fourth-order valence-corrected chi connectivity index (χ4v) is 2.46. The number of anilines is 1. The van der Waals surface area contributed by atoms with E-state index in [1.54, 1.807) is 6.07 Å². The lowest BCUT2D eigenvalue weighted by molar-refractivity contribution is 0.104. The van der Waals surface area contributed by atoms with Crippen molar-refractivity contribution in [1.82, 2.24) is 9.97 Å². The first-order chi connectivity index (χ1) is 7.18. The van der Waals surface area contributed by atoms with Gasteiger partial charge in [0, 0.05) is 16.0 Å². The molecule has 0 amide bonds. The van der Waals surface area contributed by atoms with Crippen LogP contribution in [-0.2, 0) is 0 Å². The van der Waals surface area contributed by atoms with Gasteiger partial charge in [-0.05, 0) is 22.0 Å². The van der Waals surface area contributed by atoms with Crippen molar-refractivity contribution in [3.05, 3.63) is 38.9 Å². The number of nitrogens with two attached hydrogens (primary N) is 1. The van der Waals surface area contributed by atoms with E-state index in [0.717, 1.165) is 4.47 Å². The fourth-order valence-electron chi connectivity index (χ4n) is 1.08. The summed E-state index contributed by atoms with van der Waals surface area (Å²) < 4.78 is 0.881. The van der Waals surface area contributed by atoms with Crippen molar-refractivity contribution in [3.63, 3.8) is 0 Å². The normalized spacial score (nSPS) is 10.2. The Hall–Kier alpha value is -1.27. The van der Waals surface area contributed by atoms with Crippen LogP contribution in [0.4, 0.5) is 5.82 Å². The van der Waals surface area contributed by atoms with E-state index in [0.29, 0.717) is 10.4 Å². The third kappa shape index (κ3) is 2.05. The molecule has 15 heavy (non-hydrogen) atoms. The molecule has 2 rings (SSSR count). The zero-order valence-electron chi connectivity index (χ0n) is 7.48. The van der Waals surface area contributed by atoms with Gasteiger partial charge in [-0.15, -0.1) is 11.3 Å². The number of ketones is 1. The molecular formula is C9H6BrN3OS. The van der Waals surface area contributed by atoms with Gasteiger partial charge in [0.05, 0.1) is 10.4 Å². The molecule has 2 aromatic heterocycles. The summed E-state index contributed by atoms with van der Waals surface area (Å²) in [4.78, 5) is 20.1. The highest BCUT2D eigenvalue weighted by atomic mass is 79.9. The third-order valence-electron chi connectivity index (χ3n) is 1.78. The van der Waals surface area contributed by atoms with Crippen molar-refractivity contribution in [2.45, 2.75) is 0 Å². The molecular weight excluding hydrogens is 278 g/mol. The minimum Gasteiger partial charge on any atom is -0.383 e. The van der Waals surface area contributed by atoms with Crippen LogP contribution in [0.15, 0.2) is 28.4 Å². The maximum atomic E-state index is 11.9. The Morgan fingerprint density at radius 1 is 1.53 bits per heavy atom. The number of carbonyl (C=O) groups is 1. The summed E-state index contributed by atoms with van der Waals surface area (Å²) in [5.74, 6) is 0.0586. The SMILES string of the molecule is Nc1ncncc1C(=O)c1cc(Br)cs1. The second kappa shape index (κ2) is 4.08. The first kappa shape index (κ1) is 10.3. The van der Waals surface area contributed by atoms with Crippen molar-refractivity contribution < 1.29 is 4.79 Å². The smallest absolute Gasteiger partial charge is 0.208 e. The van der Waals surface area contributed by atoms with Crippen LogP contribution >= 0.6 is 27.3 Å². The molecule has 0 atom stereocenters. The zero-order chi connectivity index (χ0) is 10.8. The van der Waals surface area contributed by atoms with Gasteiger partial charge >= 0.3 is 0 Å². The molecule has 0 aliphatic carbocycles. The van der Waals surface area contributed by atoms with Gasteiger partial charge in [-0.1, -0.05) is 0 Å². The number of aromatic nitrogens is 2. The van der Waals surface area contributed by atoms with Crippen LogP contribution in [0.1, 0.15) is 15.2 Å². The molecule has 0 spiro atoms. The number of nitrogens with zero attached hydrogens (tertiary/aromatic N) is 2. The average molecular weight is 284 g/mol. The number of halogens is 1. The van der Waals surface area contributed by atoms with Gasteiger partial charge in [-0.25, -0.2) is 9.97 Å². The highest BCUT2D eigenvalue weighted by Crippen LogP contribution is 2.23. The molecule has 76 valence electrons. The highest BCUT2D eigenvalue weighted by molar-refractivity contribution is 9.10. The number of hydrogen-bond acceptors (Lipinski definition) is 5. The topological polar surface area (TPSA) is 68.9 Å². The summed E-state index contributed by atoms with van der Waals surface area (Å²) in [6.07, 6.45) is 2.74. The van der Waals surface area contributed by atoms with Gasteiger partial charge in [-0.2, -0.15) is 0 Å². The van der Waals surface area contributed by atoms with Crippen LogP contribution in [0.2, 0.25) is 0 Å². The largest absolute Gasteiger partial charge is 0.383 e. The van der Waals surface area contributed by atoms with Crippen LogP contribution in [0.5, 0.6) is 0 Å². The quantitative estimate of drug-likeness (QED) is 0.857. The molecule has 6 heteroatoms. The van der Waals surface area contributed by atoms with Crippen LogP contribution in [0, 0.1) is 0 Å². The van der Waals surface area contributed by atoms with E-state index in [1.165, 1.54) is 23.9 Å². The molecule has 0 aromatic carbocycles. The predicted molar refractivity (Wildman–Crippen MR) is 61.9 cm³/mol. The van der Waals surface area contributed by atoms with Crippen molar-refractivity contribution >= 4 is 38.9 Å². The first-order valence-electron chi connectivity index (χ1n) is 4.02. The maximum absolute atomic E-state index is 11.9. The van der Waals surface area contributed by atoms with E-state index in [9.17, 15) is 4.79 Å². The Kier molecular flexibility index (Phi) is 2.79. The molecule has 2 aromatic rings. The Bertz CT molecular complexity index is 512. The molecule has 0 unspecified atom stereocenters. The molecule has 0 aliphatic heterocycles. The summed E-state index contributed by atoms with van der Waals surface area (Å²) in [5.41, 5.74) is 5.93. The molecule has 0 radical (unpaired) electrons. The van der Waals surface area contributed by atoms with Crippen molar-refractivity contribution in [2.24, 2.45) is 0 Å². The van der Waals surface area contributed by atoms with Crippen molar-refractivity contribution in [3.8, 4) is 0 Å². The van der Waals surface area contributed by atoms with Gasteiger partial charge < -0.3 is 5.73 Å². The molecule has 2 heterocycles. The molecule has 0 fully saturated rings. The van der Waals surface area contributed by atoms with Crippen LogP contribution in [0.25, 0.3) is 0 Å². The monoisotopic (exact) mass is 283 g/mol. The number of hydrogen-bond donors (Lipinski definition) is 1. The molecule has 0 saturated carbocycles. The van der Waals surface area contributed by atoms with Gasteiger partial charge in [0.2, 0.25) is 5.78 Å². The van der Waals surface area contributed by atoms with Crippen LogP contribution in [0.3, 0.4) is 0 Å². The van der Waals surface area contributed by atoms with Crippen molar-refractivity contribution in [2.75, 3.05) is 5.73 Å². The highest BCUT2D eigenvalue weighted by Gasteiger charge is 2.14. The van der Waals surface area contributed by atoms with Gasteiger partial charge in [-0.3, -0.25) is 4.79 Å². The predicted octanol–water partition coefficient (Wildman–Crippen LogP) is 2.11. The van der Waals surface area contributed by atoms with E-state index in [4.69, 9.17) is 5.73 Å². The molecule has 0 saturated heterocycles. The van der Waals surface area contributed by atoms with Gasteiger partial charge in [0.15, 0.2) is 0 Å². The lowest BCUT2D eigenvalue weighted by atomic mass is 10.2. The zero-order valence-corrected chi connectivity index (χ0v) is 9.88. The number of nitrogen functional groups attached to an aromatic ring is 1. The molecule has 2 N–H and O–H groups in total. The summed E-state index contributed by atoms with van der Waals surface area (Å²) in [7, 11) is 0. The Morgan fingerprint density at radius 2 is 2.33 bits per heavy atom. The summed E-state index contributed by atoms with van der Waals surface area (Å²) in [6.45, 7) is 0. The maximum Gasteiger partial charge on any atom is 0.208 e. The minimum absolute atomic E-state index is 0.149. The minimum atomic E-state index is -0.149. The summed E-state index contributed by atoms with van der Waals surface area (Å²) in [6, 6.07) is 1.75. The Labute approximate surface area is 98.3 Å². The van der Waals surface area contributed by atoms with E-state index in [2.05, 4.69) is 25.9 Å². The first-order valence-corrected chi connectivity index (χ1v) is 5.70. The van der Waals surface area contributed by atoms with Crippen LogP contribution in [-0.4, -0.2) is 15.8 Å². The number of rotatable bonds is 2. The molecule has 4 nitrogen and oxygen atoms in total. The van der Waals surface area contributed by atoms with E-state index in [-0.39, 0.29) is 11.6 Å². The van der Waals surface area contributed by atoms with E-state index >= 15 is 0 Å². The molecule has 0 bridgehead atoms. The lowest BCUT2D eigenvalue weighted by Gasteiger charge is -1.99. The number of thiophene rings is 1. The van der Waals surface area contributed by atoms with E-state index < -0.39 is 0 Å². The lowest BCUT2D eigenvalue weighted by Crippen LogP contribution is -2.05. The summed E-state index contributed by atoms with van der Waals surface area (Å²) >= 11 is 4.64. The summed E-state index contributed by atoms with van der Waals surface area (Å²) in [5, 5.41) is 1.84. The third-order valence-corrected chi connectivity index (χ3v) is 3.47. The second-order valence-corrected chi connectivity index (χ2v) is 4.61.